The number of cyclic esters (lactones) is 2. The third-order valence-corrected chi connectivity index (χ3v) is 14.3. The summed E-state index contributed by atoms with van der Waals surface area (Å²) in [6.45, 7) is 12.4. The number of esters is 2. The number of epoxide rings is 1. The number of benzene rings is 2. The average molecular weight is 1120 g/mol. The molecule has 2 aromatic rings. The van der Waals surface area contributed by atoms with E-state index in [-0.39, 0.29) is 57.2 Å². The van der Waals surface area contributed by atoms with Gasteiger partial charge in [-0.1, -0.05) is 82.6 Å². The van der Waals surface area contributed by atoms with Gasteiger partial charge < -0.3 is 76.1 Å². The molecular formula is C55H79ClN6O16. The molecule has 2 saturated heterocycles. The Bertz CT molecular complexity index is 2420. The molecule has 0 unspecified atom stereocenters. The van der Waals surface area contributed by atoms with E-state index in [0.717, 1.165) is 11.1 Å². The van der Waals surface area contributed by atoms with Gasteiger partial charge in [0, 0.05) is 45.5 Å². The fraction of sp³-hybridized carbons (Fsp3) is 0.618. The highest BCUT2D eigenvalue weighted by Crippen LogP contribution is 2.45. The molecule has 0 aromatic heterocycles. The highest BCUT2D eigenvalue weighted by molar-refractivity contribution is 6.32. The Kier molecular flexibility index (Phi) is 23.4. The van der Waals surface area contributed by atoms with Crippen LogP contribution in [-0.4, -0.2) is 151 Å². The molecule has 23 heteroatoms. The Hall–Kier alpha value is -5.72. The standard InChI is InChI=1S/C55H79ClN6O16/c1-28(2)23-39-52(71)75-37(14-12-15-40(63)61-36(25-32-18-21-38(73-8)34(56)24-32)49(68)60-27-55(6,7)54(72)76-39)30(5)45-46(77-45)33-19-16-31(17-20-33)26-59-48(67)35(62-50(69)41(57)29(3)4)13-10-11-22-58-51(70)47-43(65)42(64)44(66)53(74-9)78-47/h12,15-21,24,28-30,35-37,39,41-47,53,64-66H,10-11,13-14,22-23,25-27,57H2,1-9H3,(H,58,70)(H,59,67)(H,60,68)(H,61,63)(H,62,69)/b15-12+/t30-,35-,36+,37-,39-,41-,42-,43-,44+,45+,46+,47-,53+/m0/s1. The van der Waals surface area contributed by atoms with Gasteiger partial charge in [-0.15, -0.1) is 0 Å². The molecule has 13 atom stereocenters. The van der Waals surface area contributed by atoms with Crippen LogP contribution in [0.5, 0.6) is 5.75 Å². The lowest BCUT2D eigenvalue weighted by molar-refractivity contribution is -0.283. The Balaban J connectivity index is 1.23. The summed E-state index contributed by atoms with van der Waals surface area (Å²) in [5.41, 5.74) is 7.01. The van der Waals surface area contributed by atoms with Crippen LogP contribution in [0.1, 0.15) is 103 Å². The summed E-state index contributed by atoms with van der Waals surface area (Å²) in [5, 5.41) is 44.6. The molecule has 3 heterocycles. The van der Waals surface area contributed by atoms with Gasteiger partial charge in [0.2, 0.25) is 23.6 Å². The molecule has 0 aliphatic carbocycles. The number of carbonyl (C=O) groups is 7. The fourth-order valence-electron chi connectivity index (χ4n) is 8.84. The number of hydrogen-bond donors (Lipinski definition) is 9. The van der Waals surface area contributed by atoms with Gasteiger partial charge in [0.1, 0.15) is 48.4 Å². The summed E-state index contributed by atoms with van der Waals surface area (Å²) in [6, 6.07) is 9.47. The third kappa shape index (κ3) is 17.6. The highest BCUT2D eigenvalue weighted by Gasteiger charge is 2.49. The molecular weight excluding hydrogens is 1040 g/mol. The SMILES string of the molecule is COc1ccc(C[C@H]2NC(=O)/C=C/C[C@@H]([C@H](C)[C@H]3O[C@@H]3c3ccc(CNC(=O)[C@H](CCCCNC(=O)[C@H]4O[C@@H](OC)[C@H](O)[C@@H](O)[C@@H]4O)NC(=O)[C@@H](N)C(C)C)cc3)OC(=O)[C@H](CC(C)C)OC(=O)C(C)(C)CNC2=O)cc1Cl. The van der Waals surface area contributed by atoms with E-state index in [1.54, 1.807) is 52.0 Å². The van der Waals surface area contributed by atoms with Crippen LogP contribution in [0, 0.1) is 23.2 Å². The van der Waals surface area contributed by atoms with E-state index < -0.39 is 126 Å². The van der Waals surface area contributed by atoms with Crippen molar-refractivity contribution < 1.29 is 77.3 Å². The lowest BCUT2D eigenvalue weighted by Crippen LogP contribution is -2.61. The van der Waals surface area contributed by atoms with E-state index in [4.69, 9.17) is 45.8 Å². The summed E-state index contributed by atoms with van der Waals surface area (Å²) in [5.74, 6) is -4.58. The molecule has 5 amide bonds. The van der Waals surface area contributed by atoms with Gasteiger partial charge in [0.05, 0.1) is 29.7 Å². The smallest absolute Gasteiger partial charge is 0.347 e. The first-order valence-electron chi connectivity index (χ1n) is 26.4. The van der Waals surface area contributed by atoms with Crippen molar-refractivity contribution >= 4 is 53.1 Å². The minimum absolute atomic E-state index is 0.0645. The highest BCUT2D eigenvalue weighted by atomic mass is 35.5. The van der Waals surface area contributed by atoms with Crippen molar-refractivity contribution in [1.82, 2.24) is 26.6 Å². The molecule has 10 N–H and O–H groups in total. The third-order valence-electron chi connectivity index (χ3n) is 14.0. The molecule has 0 saturated carbocycles. The predicted molar refractivity (Wildman–Crippen MR) is 284 cm³/mol. The molecule has 2 fully saturated rings. The molecule has 0 radical (unpaired) electrons. The van der Waals surface area contributed by atoms with Crippen LogP contribution in [0.25, 0.3) is 0 Å². The molecule has 5 rings (SSSR count). The van der Waals surface area contributed by atoms with Crippen LogP contribution in [0.4, 0.5) is 0 Å². The normalized spacial score (nSPS) is 27.5. The maximum atomic E-state index is 14.0. The number of carbonyl (C=O) groups excluding carboxylic acids is 7. The summed E-state index contributed by atoms with van der Waals surface area (Å²) in [4.78, 5) is 94.3. The number of aliphatic hydroxyl groups is 3. The molecule has 0 bridgehead atoms. The second kappa shape index (κ2) is 28.9. The zero-order chi connectivity index (χ0) is 57.6. The minimum atomic E-state index is -1.70. The topological polar surface area (TPSA) is 325 Å². The van der Waals surface area contributed by atoms with E-state index in [9.17, 15) is 48.9 Å². The van der Waals surface area contributed by atoms with E-state index in [0.29, 0.717) is 29.2 Å². The van der Waals surface area contributed by atoms with E-state index in [1.807, 2.05) is 45.0 Å². The van der Waals surface area contributed by atoms with Gasteiger partial charge in [-0.25, -0.2) is 4.79 Å². The van der Waals surface area contributed by atoms with Crippen LogP contribution in [-0.2, 0) is 70.2 Å². The van der Waals surface area contributed by atoms with Crippen molar-refractivity contribution in [1.29, 1.82) is 0 Å². The maximum Gasteiger partial charge on any atom is 0.347 e. The van der Waals surface area contributed by atoms with Crippen LogP contribution < -0.4 is 37.1 Å². The lowest BCUT2D eigenvalue weighted by atomic mass is 9.92. The number of nitrogens with one attached hydrogen (secondary N) is 5. The van der Waals surface area contributed by atoms with Gasteiger partial charge in [-0.2, -0.15) is 0 Å². The Morgan fingerprint density at radius 2 is 1.58 bits per heavy atom. The lowest BCUT2D eigenvalue weighted by Gasteiger charge is -2.38. The molecule has 432 valence electrons. The average Bonchev–Trinajstić information content (AvgIpc) is 4.23. The number of halogens is 1. The molecule has 3 aliphatic heterocycles. The summed E-state index contributed by atoms with van der Waals surface area (Å²) in [7, 11) is 2.70. The van der Waals surface area contributed by atoms with Crippen LogP contribution in [0.2, 0.25) is 5.02 Å². The first kappa shape index (κ1) is 63.1. The molecule has 0 spiro atoms. The van der Waals surface area contributed by atoms with Crippen molar-refractivity contribution in [2.24, 2.45) is 28.9 Å². The maximum absolute atomic E-state index is 14.0. The summed E-state index contributed by atoms with van der Waals surface area (Å²) >= 11 is 6.38. The number of rotatable bonds is 21. The monoisotopic (exact) mass is 1110 g/mol. The van der Waals surface area contributed by atoms with Crippen LogP contribution in [0.3, 0.4) is 0 Å². The number of aliphatic hydroxyl groups excluding tert-OH is 3. The van der Waals surface area contributed by atoms with Crippen LogP contribution in [0.15, 0.2) is 54.6 Å². The Morgan fingerprint density at radius 3 is 2.22 bits per heavy atom. The zero-order valence-electron chi connectivity index (χ0n) is 45.8. The molecule has 2 aromatic carbocycles. The molecule has 78 heavy (non-hydrogen) atoms. The number of amides is 5. The second-order valence-corrected chi connectivity index (χ2v) is 22.0. The number of ether oxygens (including phenoxy) is 6. The Morgan fingerprint density at radius 1 is 0.885 bits per heavy atom. The van der Waals surface area contributed by atoms with Crippen molar-refractivity contribution in [3.63, 3.8) is 0 Å². The largest absolute Gasteiger partial charge is 0.495 e. The van der Waals surface area contributed by atoms with Crippen molar-refractivity contribution in [2.75, 3.05) is 27.3 Å². The quantitative estimate of drug-likeness (QED) is 0.0490. The molecule has 3 aliphatic rings. The first-order chi connectivity index (χ1) is 36.8. The Labute approximate surface area is 460 Å². The van der Waals surface area contributed by atoms with E-state index in [1.165, 1.54) is 20.3 Å². The first-order valence-corrected chi connectivity index (χ1v) is 26.8. The van der Waals surface area contributed by atoms with Gasteiger partial charge >= 0.3 is 11.9 Å². The van der Waals surface area contributed by atoms with Crippen LogP contribution >= 0.6 is 11.6 Å². The number of unbranched alkanes of at least 4 members (excludes halogenated alkanes) is 1. The second-order valence-electron chi connectivity index (χ2n) is 21.6. The summed E-state index contributed by atoms with van der Waals surface area (Å²) < 4.78 is 33.8. The minimum Gasteiger partial charge on any atom is -0.495 e. The zero-order valence-corrected chi connectivity index (χ0v) is 46.6. The number of methoxy groups -OCH3 is 2. The van der Waals surface area contributed by atoms with Crippen molar-refractivity contribution in [2.45, 2.75) is 167 Å². The summed E-state index contributed by atoms with van der Waals surface area (Å²) in [6.07, 6.45) is -6.63. The number of nitrogens with two attached hydrogens (primary N) is 1. The molecule has 22 nitrogen and oxygen atoms in total. The van der Waals surface area contributed by atoms with Gasteiger partial charge in [-0.05, 0) is 86.3 Å². The van der Waals surface area contributed by atoms with Crippen molar-refractivity contribution in [3.05, 3.63) is 76.3 Å². The van der Waals surface area contributed by atoms with Gasteiger partial charge in [0.15, 0.2) is 18.5 Å². The predicted octanol–water partition coefficient (Wildman–Crippen LogP) is 1.95. The van der Waals surface area contributed by atoms with Gasteiger partial charge in [-0.3, -0.25) is 28.8 Å². The van der Waals surface area contributed by atoms with E-state index >= 15 is 0 Å². The van der Waals surface area contributed by atoms with Gasteiger partial charge in [0.25, 0.3) is 5.91 Å². The fourth-order valence-corrected chi connectivity index (χ4v) is 9.12. The van der Waals surface area contributed by atoms with E-state index in [2.05, 4.69) is 26.6 Å². The van der Waals surface area contributed by atoms with Crippen molar-refractivity contribution in [3.8, 4) is 5.75 Å². The number of hydrogen-bond acceptors (Lipinski definition) is 17.